The molecule has 198 valence electrons. The molecule has 10 heteroatoms. The van der Waals surface area contributed by atoms with E-state index in [1.807, 2.05) is 36.4 Å². The Morgan fingerprint density at radius 3 is 2.61 bits per heavy atom. The molecule has 38 heavy (non-hydrogen) atoms. The fourth-order valence-corrected chi connectivity index (χ4v) is 4.81. The monoisotopic (exact) mass is 533 g/mol. The molecule has 4 rings (SSSR count). The van der Waals surface area contributed by atoms with Crippen LogP contribution in [0.25, 0.3) is 22.2 Å². The number of thioether (sulfide) groups is 1. The van der Waals surface area contributed by atoms with Gasteiger partial charge >= 0.3 is 0 Å². The molecule has 3 N–H and O–H groups in total. The highest BCUT2D eigenvalue weighted by atomic mass is 32.2. The van der Waals surface area contributed by atoms with Gasteiger partial charge < -0.3 is 20.4 Å². The number of rotatable bonds is 12. The standard InChI is InChI=1S/C28H31N5O4S/c1-3-4-15-29-23(34)14-16-33-27(36)26-25(20(17-30-26)19-10-6-5-7-11-19)32-28(33)38-18-24(35)31-21-12-8-9-13-22(21)37-2/h5-13,17,30H,3-4,14-16,18H2,1-2H3,(H,29,34)(H,31,35). The first kappa shape index (κ1) is 27.0. The Bertz CT molecular complexity index is 1470. The molecule has 9 nitrogen and oxygen atoms in total. The van der Waals surface area contributed by atoms with Crippen LogP contribution in [0.3, 0.4) is 0 Å². The van der Waals surface area contributed by atoms with Crippen molar-refractivity contribution >= 4 is 40.3 Å². The van der Waals surface area contributed by atoms with E-state index in [2.05, 4.69) is 22.5 Å². The fourth-order valence-electron chi connectivity index (χ4n) is 3.99. The quantitative estimate of drug-likeness (QED) is 0.141. The minimum atomic E-state index is -0.286. The molecule has 0 fully saturated rings. The normalized spacial score (nSPS) is 10.9. The molecule has 2 heterocycles. The van der Waals surface area contributed by atoms with E-state index in [4.69, 9.17) is 9.72 Å². The second-order valence-corrected chi connectivity index (χ2v) is 9.58. The molecule has 0 aliphatic heterocycles. The lowest BCUT2D eigenvalue weighted by Gasteiger charge is -2.13. The van der Waals surface area contributed by atoms with E-state index in [1.54, 1.807) is 24.4 Å². The number of H-pyrrole nitrogens is 1. The Hall–Kier alpha value is -4.05. The van der Waals surface area contributed by atoms with Crippen LogP contribution in [0.4, 0.5) is 5.69 Å². The van der Waals surface area contributed by atoms with Crippen LogP contribution in [0, 0.1) is 0 Å². The summed E-state index contributed by atoms with van der Waals surface area (Å²) in [5.74, 6) is 0.169. The van der Waals surface area contributed by atoms with Crippen molar-refractivity contribution in [2.24, 2.45) is 0 Å². The van der Waals surface area contributed by atoms with Crippen LogP contribution >= 0.6 is 11.8 Å². The zero-order chi connectivity index (χ0) is 26.9. The summed E-state index contributed by atoms with van der Waals surface area (Å²) >= 11 is 1.15. The van der Waals surface area contributed by atoms with Gasteiger partial charge in [0.05, 0.1) is 18.6 Å². The Morgan fingerprint density at radius 1 is 1.08 bits per heavy atom. The van der Waals surface area contributed by atoms with Gasteiger partial charge in [-0.2, -0.15) is 0 Å². The average molecular weight is 534 g/mol. The summed E-state index contributed by atoms with van der Waals surface area (Å²) in [5.41, 5.74) is 2.87. The predicted octanol–water partition coefficient (Wildman–Crippen LogP) is 4.44. The van der Waals surface area contributed by atoms with Crippen molar-refractivity contribution in [3.8, 4) is 16.9 Å². The lowest BCUT2D eigenvalue weighted by molar-refractivity contribution is -0.121. The van der Waals surface area contributed by atoms with Gasteiger partial charge in [-0.25, -0.2) is 4.98 Å². The van der Waals surface area contributed by atoms with E-state index in [-0.39, 0.29) is 36.1 Å². The van der Waals surface area contributed by atoms with Crippen LogP contribution in [0.2, 0.25) is 0 Å². The summed E-state index contributed by atoms with van der Waals surface area (Å²) < 4.78 is 6.77. The highest BCUT2D eigenvalue weighted by Crippen LogP contribution is 2.28. The summed E-state index contributed by atoms with van der Waals surface area (Å²) in [5, 5.41) is 6.09. The first-order valence-electron chi connectivity index (χ1n) is 12.5. The van der Waals surface area contributed by atoms with E-state index in [0.717, 1.165) is 35.7 Å². The SMILES string of the molecule is CCCCNC(=O)CCn1c(SCC(=O)Nc2ccccc2OC)nc2c(-c3ccccc3)c[nH]c2c1=O. The minimum absolute atomic E-state index is 0.0176. The topological polar surface area (TPSA) is 118 Å². The maximum atomic E-state index is 13.5. The van der Waals surface area contributed by atoms with Gasteiger partial charge in [-0.1, -0.05) is 67.6 Å². The van der Waals surface area contributed by atoms with Crippen LogP contribution in [0.5, 0.6) is 5.75 Å². The molecule has 2 amide bonds. The van der Waals surface area contributed by atoms with Crippen LogP contribution in [0.1, 0.15) is 26.2 Å². The first-order valence-corrected chi connectivity index (χ1v) is 13.5. The molecule has 0 aliphatic carbocycles. The molecule has 2 aromatic heterocycles. The molecular weight excluding hydrogens is 502 g/mol. The minimum Gasteiger partial charge on any atom is -0.495 e. The highest BCUT2D eigenvalue weighted by molar-refractivity contribution is 7.99. The zero-order valence-corrected chi connectivity index (χ0v) is 22.3. The summed E-state index contributed by atoms with van der Waals surface area (Å²) in [6, 6.07) is 16.8. The highest BCUT2D eigenvalue weighted by Gasteiger charge is 2.19. The molecule has 0 aliphatic rings. The van der Waals surface area contributed by atoms with E-state index < -0.39 is 0 Å². The number of anilines is 1. The summed E-state index contributed by atoms with van der Waals surface area (Å²) in [4.78, 5) is 46.5. The molecular formula is C28H31N5O4S. The van der Waals surface area contributed by atoms with Gasteiger partial charge in [0.15, 0.2) is 5.16 Å². The number of aromatic nitrogens is 3. The van der Waals surface area contributed by atoms with Gasteiger partial charge in [-0.15, -0.1) is 0 Å². The number of benzene rings is 2. The number of nitrogens with zero attached hydrogens (tertiary/aromatic N) is 2. The van der Waals surface area contributed by atoms with Crippen molar-refractivity contribution in [1.29, 1.82) is 0 Å². The number of nitrogens with one attached hydrogen (secondary N) is 3. The predicted molar refractivity (Wildman–Crippen MR) is 151 cm³/mol. The van der Waals surface area contributed by atoms with Crippen molar-refractivity contribution in [2.45, 2.75) is 37.9 Å². The number of carbonyl (C=O) groups excluding carboxylic acids is 2. The smallest absolute Gasteiger partial charge is 0.278 e. The Morgan fingerprint density at radius 2 is 1.84 bits per heavy atom. The number of hydrogen-bond acceptors (Lipinski definition) is 6. The number of fused-ring (bicyclic) bond motifs is 1. The molecule has 0 unspecified atom stereocenters. The van der Waals surface area contributed by atoms with Crippen molar-refractivity contribution in [1.82, 2.24) is 19.9 Å². The summed E-state index contributed by atoms with van der Waals surface area (Å²) in [7, 11) is 1.54. The lowest BCUT2D eigenvalue weighted by Crippen LogP contribution is -2.29. The number of para-hydroxylation sites is 2. The van der Waals surface area contributed by atoms with Gasteiger partial charge in [0.25, 0.3) is 5.56 Å². The number of ether oxygens (including phenoxy) is 1. The van der Waals surface area contributed by atoms with Crippen LogP contribution in [-0.2, 0) is 16.1 Å². The van der Waals surface area contributed by atoms with E-state index in [9.17, 15) is 14.4 Å². The van der Waals surface area contributed by atoms with E-state index in [1.165, 1.54) is 11.7 Å². The largest absolute Gasteiger partial charge is 0.495 e. The van der Waals surface area contributed by atoms with Crippen molar-refractivity contribution in [3.63, 3.8) is 0 Å². The van der Waals surface area contributed by atoms with Crippen molar-refractivity contribution in [2.75, 3.05) is 24.7 Å². The molecule has 4 aromatic rings. The van der Waals surface area contributed by atoms with Crippen LogP contribution in [-0.4, -0.2) is 45.8 Å². The Kier molecular flexibility index (Phi) is 9.21. The maximum absolute atomic E-state index is 13.5. The number of hydrogen-bond donors (Lipinski definition) is 3. The van der Waals surface area contributed by atoms with Crippen molar-refractivity contribution < 1.29 is 14.3 Å². The number of unbranched alkanes of at least 4 members (excludes halogenated alkanes) is 1. The number of aromatic amines is 1. The number of carbonyl (C=O) groups is 2. The number of amides is 2. The molecule has 0 saturated heterocycles. The third-order valence-electron chi connectivity index (χ3n) is 5.96. The van der Waals surface area contributed by atoms with Gasteiger partial charge in [-0.05, 0) is 24.1 Å². The summed E-state index contributed by atoms with van der Waals surface area (Å²) in [6.07, 6.45) is 3.77. The fraction of sp³-hybridized carbons (Fsp3) is 0.286. The van der Waals surface area contributed by atoms with E-state index in [0.29, 0.717) is 34.2 Å². The van der Waals surface area contributed by atoms with Gasteiger partial charge in [0.2, 0.25) is 11.8 Å². The van der Waals surface area contributed by atoms with Crippen LogP contribution in [0.15, 0.2) is 70.7 Å². The molecule has 0 bridgehead atoms. The van der Waals surface area contributed by atoms with Crippen LogP contribution < -0.4 is 20.9 Å². The second-order valence-electron chi connectivity index (χ2n) is 8.63. The first-order chi connectivity index (χ1) is 18.5. The maximum Gasteiger partial charge on any atom is 0.278 e. The van der Waals surface area contributed by atoms with Gasteiger partial charge in [-0.3, -0.25) is 19.0 Å². The molecule has 0 atom stereocenters. The van der Waals surface area contributed by atoms with Gasteiger partial charge in [0.1, 0.15) is 16.8 Å². The zero-order valence-electron chi connectivity index (χ0n) is 21.5. The number of methoxy groups -OCH3 is 1. The second kappa shape index (κ2) is 13.0. The van der Waals surface area contributed by atoms with Crippen molar-refractivity contribution in [3.05, 3.63) is 71.1 Å². The van der Waals surface area contributed by atoms with Gasteiger partial charge in [0, 0.05) is 31.3 Å². The Balaban J connectivity index is 1.61. The molecule has 2 aromatic carbocycles. The molecule has 0 radical (unpaired) electrons. The third-order valence-corrected chi connectivity index (χ3v) is 6.94. The lowest BCUT2D eigenvalue weighted by atomic mass is 10.1. The van der Waals surface area contributed by atoms with E-state index >= 15 is 0 Å². The third kappa shape index (κ3) is 6.44. The summed E-state index contributed by atoms with van der Waals surface area (Å²) in [6.45, 7) is 2.80. The Labute approximate surface area is 225 Å². The molecule has 0 saturated carbocycles. The average Bonchev–Trinajstić information content (AvgIpc) is 3.36. The molecule has 0 spiro atoms.